The van der Waals surface area contributed by atoms with Crippen LogP contribution < -0.4 is 15.8 Å². The molecule has 1 amide bonds. The number of ether oxygens (including phenoxy) is 1. The number of benzene rings is 1. The van der Waals surface area contributed by atoms with Crippen molar-refractivity contribution in [2.24, 2.45) is 5.73 Å². The second kappa shape index (κ2) is 5.14. The number of carbonyl (C=O) groups is 1. The summed E-state index contributed by atoms with van der Waals surface area (Å²) < 4.78 is 17.9. The van der Waals surface area contributed by atoms with E-state index in [1.54, 1.807) is 6.92 Å². The van der Waals surface area contributed by atoms with Crippen LogP contribution in [0.25, 0.3) is 0 Å². The number of carbonyl (C=O) groups excluding carboxylic acids is 1. The Morgan fingerprint density at radius 3 is 2.76 bits per heavy atom. The van der Waals surface area contributed by atoms with E-state index in [2.05, 4.69) is 5.32 Å². The summed E-state index contributed by atoms with van der Waals surface area (Å²) in [6, 6.07) is 3.89. The third-order valence-corrected chi connectivity index (χ3v) is 2.66. The average molecular weight is 240 g/mol. The molecule has 4 nitrogen and oxygen atoms in total. The number of halogens is 1. The van der Waals surface area contributed by atoms with Gasteiger partial charge in [0.15, 0.2) is 0 Å². The van der Waals surface area contributed by atoms with E-state index < -0.39 is 11.4 Å². The molecule has 0 bridgehead atoms. The molecule has 0 radical (unpaired) electrons. The number of hydrogen-bond donors (Lipinski definition) is 2. The molecule has 1 atom stereocenters. The summed E-state index contributed by atoms with van der Waals surface area (Å²) in [5.41, 5.74) is 5.25. The van der Waals surface area contributed by atoms with Gasteiger partial charge in [0.25, 0.3) is 0 Å². The fourth-order valence-electron chi connectivity index (χ4n) is 1.19. The predicted molar refractivity (Wildman–Crippen MR) is 64.5 cm³/mol. The predicted octanol–water partition coefficient (Wildman–Crippen LogP) is 1.90. The fraction of sp³-hybridized carbons (Fsp3) is 0.417. The van der Waals surface area contributed by atoms with Crippen LogP contribution in [0.1, 0.15) is 20.3 Å². The van der Waals surface area contributed by atoms with Crippen molar-refractivity contribution in [1.29, 1.82) is 0 Å². The van der Waals surface area contributed by atoms with Crippen LogP contribution in [0.15, 0.2) is 18.2 Å². The Balaban J connectivity index is 2.92. The van der Waals surface area contributed by atoms with E-state index in [1.807, 2.05) is 6.92 Å². The highest BCUT2D eigenvalue weighted by atomic mass is 19.1. The zero-order valence-electron chi connectivity index (χ0n) is 10.2. The maximum absolute atomic E-state index is 13.0. The lowest BCUT2D eigenvalue weighted by atomic mass is 9.99. The van der Waals surface area contributed by atoms with E-state index >= 15 is 0 Å². The van der Waals surface area contributed by atoms with E-state index in [-0.39, 0.29) is 11.7 Å². The van der Waals surface area contributed by atoms with E-state index in [0.29, 0.717) is 12.1 Å². The Kier molecular flexibility index (Phi) is 4.07. The fourth-order valence-corrected chi connectivity index (χ4v) is 1.19. The summed E-state index contributed by atoms with van der Waals surface area (Å²) in [5, 5.41) is 2.62. The third-order valence-electron chi connectivity index (χ3n) is 2.66. The second-order valence-electron chi connectivity index (χ2n) is 4.07. The molecular weight excluding hydrogens is 223 g/mol. The number of anilines is 1. The molecule has 1 rings (SSSR count). The van der Waals surface area contributed by atoms with Crippen LogP contribution in [0.4, 0.5) is 10.1 Å². The number of nitrogens with two attached hydrogens (primary N) is 1. The van der Waals surface area contributed by atoms with Crippen LogP contribution in [0, 0.1) is 5.82 Å². The number of rotatable bonds is 4. The molecule has 0 aliphatic heterocycles. The molecule has 1 aromatic rings. The first-order valence-corrected chi connectivity index (χ1v) is 5.34. The first kappa shape index (κ1) is 13.4. The zero-order chi connectivity index (χ0) is 13.1. The van der Waals surface area contributed by atoms with Gasteiger partial charge in [0.1, 0.15) is 11.6 Å². The first-order chi connectivity index (χ1) is 7.90. The highest BCUT2D eigenvalue weighted by Crippen LogP contribution is 2.25. The minimum Gasteiger partial charge on any atom is -0.494 e. The van der Waals surface area contributed by atoms with Gasteiger partial charge in [-0.1, -0.05) is 6.92 Å². The Morgan fingerprint density at radius 1 is 1.59 bits per heavy atom. The minimum atomic E-state index is -0.959. The summed E-state index contributed by atoms with van der Waals surface area (Å²) in [6.07, 6.45) is 0.502. The molecular formula is C12H17FN2O2. The molecule has 1 unspecified atom stereocenters. The van der Waals surface area contributed by atoms with Crippen molar-refractivity contribution in [2.45, 2.75) is 25.8 Å². The Morgan fingerprint density at radius 2 is 2.24 bits per heavy atom. The van der Waals surface area contributed by atoms with Crippen LogP contribution in [-0.2, 0) is 4.79 Å². The minimum absolute atomic E-state index is 0.269. The van der Waals surface area contributed by atoms with Crippen molar-refractivity contribution in [3.63, 3.8) is 0 Å². The van der Waals surface area contributed by atoms with Crippen LogP contribution in [0.3, 0.4) is 0 Å². The van der Waals surface area contributed by atoms with Crippen LogP contribution >= 0.6 is 0 Å². The van der Waals surface area contributed by atoms with Crippen molar-refractivity contribution < 1.29 is 13.9 Å². The molecule has 0 saturated heterocycles. The van der Waals surface area contributed by atoms with Crippen molar-refractivity contribution in [3.05, 3.63) is 24.0 Å². The number of nitrogens with one attached hydrogen (secondary N) is 1. The van der Waals surface area contributed by atoms with Crippen molar-refractivity contribution in [1.82, 2.24) is 0 Å². The van der Waals surface area contributed by atoms with E-state index in [9.17, 15) is 9.18 Å². The van der Waals surface area contributed by atoms with Crippen LogP contribution in [-0.4, -0.2) is 18.6 Å². The van der Waals surface area contributed by atoms with Gasteiger partial charge >= 0.3 is 0 Å². The molecule has 0 aromatic heterocycles. The van der Waals surface area contributed by atoms with Gasteiger partial charge in [-0.25, -0.2) is 4.39 Å². The third kappa shape index (κ3) is 3.17. The van der Waals surface area contributed by atoms with Gasteiger partial charge in [-0.2, -0.15) is 0 Å². The largest absolute Gasteiger partial charge is 0.494 e. The lowest BCUT2D eigenvalue weighted by Gasteiger charge is -2.22. The average Bonchev–Trinajstić information content (AvgIpc) is 2.31. The number of methoxy groups -OCH3 is 1. The summed E-state index contributed by atoms with van der Waals surface area (Å²) in [6.45, 7) is 3.46. The monoisotopic (exact) mass is 240 g/mol. The normalized spacial score (nSPS) is 13.9. The molecule has 1 aromatic carbocycles. The van der Waals surface area contributed by atoms with E-state index in [4.69, 9.17) is 10.5 Å². The van der Waals surface area contributed by atoms with Gasteiger partial charge in [0.05, 0.1) is 18.3 Å². The Bertz CT molecular complexity index is 419. The topological polar surface area (TPSA) is 64.4 Å². The quantitative estimate of drug-likeness (QED) is 0.844. The molecule has 17 heavy (non-hydrogen) atoms. The van der Waals surface area contributed by atoms with Gasteiger partial charge in [0, 0.05) is 6.07 Å². The summed E-state index contributed by atoms with van der Waals surface area (Å²) in [4.78, 5) is 11.8. The van der Waals surface area contributed by atoms with Gasteiger partial charge < -0.3 is 15.8 Å². The van der Waals surface area contributed by atoms with Crippen molar-refractivity contribution >= 4 is 11.6 Å². The number of hydrogen-bond acceptors (Lipinski definition) is 3. The molecule has 0 saturated carbocycles. The highest BCUT2D eigenvalue weighted by molar-refractivity contribution is 5.98. The molecule has 0 aliphatic carbocycles. The highest BCUT2D eigenvalue weighted by Gasteiger charge is 2.26. The van der Waals surface area contributed by atoms with Gasteiger partial charge in [0.2, 0.25) is 5.91 Å². The maximum Gasteiger partial charge on any atom is 0.244 e. The van der Waals surface area contributed by atoms with Crippen LogP contribution in [0.5, 0.6) is 5.75 Å². The Labute approximate surface area is 100.0 Å². The van der Waals surface area contributed by atoms with Gasteiger partial charge in [-0.05, 0) is 25.5 Å². The summed E-state index contributed by atoms with van der Waals surface area (Å²) in [5.74, 6) is -0.485. The SMILES string of the molecule is CCC(C)(N)C(=O)Nc1ccc(F)cc1OC. The second-order valence-corrected chi connectivity index (χ2v) is 4.07. The zero-order valence-corrected chi connectivity index (χ0v) is 10.2. The molecule has 0 fully saturated rings. The van der Waals surface area contributed by atoms with E-state index in [0.717, 1.165) is 0 Å². The van der Waals surface area contributed by atoms with Gasteiger partial charge in [-0.15, -0.1) is 0 Å². The standard InChI is InChI=1S/C12H17FN2O2/c1-4-12(2,14)11(16)15-9-6-5-8(13)7-10(9)17-3/h5-7H,4,14H2,1-3H3,(H,15,16). The molecule has 0 spiro atoms. The van der Waals surface area contributed by atoms with Crippen molar-refractivity contribution in [2.75, 3.05) is 12.4 Å². The van der Waals surface area contributed by atoms with Crippen molar-refractivity contribution in [3.8, 4) is 5.75 Å². The Hall–Kier alpha value is -1.62. The lowest BCUT2D eigenvalue weighted by molar-refractivity contribution is -0.120. The van der Waals surface area contributed by atoms with Crippen LogP contribution in [0.2, 0.25) is 0 Å². The molecule has 5 heteroatoms. The van der Waals surface area contributed by atoms with Gasteiger partial charge in [-0.3, -0.25) is 4.79 Å². The molecule has 3 N–H and O–H groups in total. The lowest BCUT2D eigenvalue weighted by Crippen LogP contribution is -2.47. The summed E-state index contributed by atoms with van der Waals surface area (Å²) >= 11 is 0. The van der Waals surface area contributed by atoms with E-state index in [1.165, 1.54) is 25.3 Å². The summed E-state index contributed by atoms with van der Waals surface area (Å²) in [7, 11) is 1.41. The number of amides is 1. The molecule has 0 heterocycles. The maximum atomic E-state index is 13.0. The molecule has 94 valence electrons. The smallest absolute Gasteiger partial charge is 0.244 e. The molecule has 0 aliphatic rings. The first-order valence-electron chi connectivity index (χ1n) is 5.34.